The minimum atomic E-state index is -0.233. The lowest BCUT2D eigenvalue weighted by Crippen LogP contribution is -2.37. The van der Waals surface area contributed by atoms with Gasteiger partial charge in [-0.25, -0.2) is 4.39 Å². The Hall–Kier alpha value is -2.34. The lowest BCUT2D eigenvalue weighted by atomic mass is 10.1. The van der Waals surface area contributed by atoms with Crippen LogP contribution in [-0.4, -0.2) is 37.8 Å². The average Bonchev–Trinajstić information content (AvgIpc) is 2.67. The van der Waals surface area contributed by atoms with Crippen LogP contribution in [0, 0.1) is 5.82 Å². The van der Waals surface area contributed by atoms with E-state index in [1.165, 1.54) is 17.7 Å². The Balaban J connectivity index is 1.76. The number of benzene rings is 2. The smallest absolute Gasteiger partial charge is 0.168 e. The lowest BCUT2D eigenvalue weighted by Gasteiger charge is -2.21. The summed E-state index contributed by atoms with van der Waals surface area (Å²) in [5.74, 6) is 1.25. The van der Waals surface area contributed by atoms with Crippen molar-refractivity contribution in [2.45, 2.75) is 19.4 Å². The highest BCUT2D eigenvalue weighted by Crippen LogP contribution is 2.27. The molecular formula is C20H25FN2O2S. The summed E-state index contributed by atoms with van der Waals surface area (Å²) in [5.41, 5.74) is 2.19. The molecule has 0 fully saturated rings. The van der Waals surface area contributed by atoms with Gasteiger partial charge in [0.05, 0.1) is 14.2 Å². The number of halogens is 1. The molecule has 0 unspecified atom stereocenters. The van der Waals surface area contributed by atoms with E-state index in [1.54, 1.807) is 26.4 Å². The molecule has 0 aliphatic rings. The van der Waals surface area contributed by atoms with Crippen LogP contribution < -0.4 is 14.8 Å². The third kappa shape index (κ3) is 5.88. The van der Waals surface area contributed by atoms with Crippen molar-refractivity contribution in [3.8, 4) is 11.5 Å². The van der Waals surface area contributed by atoms with Crippen LogP contribution in [0.5, 0.6) is 11.5 Å². The molecule has 0 aromatic heterocycles. The minimum absolute atomic E-state index is 0.233. The number of hydrogen-bond acceptors (Lipinski definition) is 3. The Kier molecular flexibility index (Phi) is 7.66. The third-order valence-corrected chi connectivity index (χ3v) is 4.57. The summed E-state index contributed by atoms with van der Waals surface area (Å²) in [7, 11) is 5.24. The average molecular weight is 376 g/mol. The maximum absolute atomic E-state index is 12.9. The summed E-state index contributed by atoms with van der Waals surface area (Å²) >= 11 is 5.41. The summed E-state index contributed by atoms with van der Waals surface area (Å²) < 4.78 is 23.5. The van der Waals surface area contributed by atoms with Gasteiger partial charge in [-0.1, -0.05) is 18.2 Å². The summed E-state index contributed by atoms with van der Waals surface area (Å²) in [4.78, 5) is 2.01. The van der Waals surface area contributed by atoms with Crippen LogP contribution in [0.1, 0.15) is 17.5 Å². The van der Waals surface area contributed by atoms with Gasteiger partial charge in [-0.2, -0.15) is 0 Å². The van der Waals surface area contributed by atoms with E-state index in [0.29, 0.717) is 11.7 Å². The highest BCUT2D eigenvalue weighted by atomic mass is 32.1. The third-order valence-electron chi connectivity index (χ3n) is 4.11. The van der Waals surface area contributed by atoms with Crippen molar-refractivity contribution in [1.82, 2.24) is 10.2 Å². The SMILES string of the molecule is COc1ccc(CCCN(C)C(=S)NCc2ccc(F)cc2)cc1OC. The fraction of sp³-hybridized carbons (Fsp3) is 0.350. The maximum atomic E-state index is 12.9. The van der Waals surface area contributed by atoms with E-state index in [4.69, 9.17) is 21.7 Å². The topological polar surface area (TPSA) is 33.7 Å². The highest BCUT2D eigenvalue weighted by Gasteiger charge is 2.07. The summed E-state index contributed by atoms with van der Waals surface area (Å²) in [5, 5.41) is 3.88. The molecule has 0 amide bonds. The van der Waals surface area contributed by atoms with Crippen LogP contribution in [-0.2, 0) is 13.0 Å². The fourth-order valence-corrected chi connectivity index (χ4v) is 2.74. The maximum Gasteiger partial charge on any atom is 0.168 e. The largest absolute Gasteiger partial charge is 0.493 e. The van der Waals surface area contributed by atoms with E-state index in [2.05, 4.69) is 5.32 Å². The molecule has 2 aromatic carbocycles. The number of methoxy groups -OCH3 is 2. The number of nitrogens with zero attached hydrogens (tertiary/aromatic N) is 1. The van der Waals surface area contributed by atoms with Gasteiger partial charge in [-0.15, -0.1) is 0 Å². The molecule has 0 saturated carbocycles. The number of rotatable bonds is 8. The van der Waals surface area contributed by atoms with Gasteiger partial charge in [0.25, 0.3) is 0 Å². The Bertz CT molecular complexity index is 722. The van der Waals surface area contributed by atoms with E-state index < -0.39 is 0 Å². The van der Waals surface area contributed by atoms with Crippen LogP contribution in [0.25, 0.3) is 0 Å². The zero-order chi connectivity index (χ0) is 18.9. The van der Waals surface area contributed by atoms with Gasteiger partial charge >= 0.3 is 0 Å². The van der Waals surface area contributed by atoms with Crippen LogP contribution in [0.2, 0.25) is 0 Å². The molecule has 0 saturated heterocycles. The molecule has 6 heteroatoms. The number of hydrogen-bond donors (Lipinski definition) is 1. The number of nitrogens with one attached hydrogen (secondary N) is 1. The molecule has 0 atom stereocenters. The standard InChI is InChI=1S/C20H25FN2O2S/c1-23(20(26)22-14-16-6-9-17(21)10-7-16)12-4-5-15-8-11-18(24-2)19(13-15)25-3/h6-11,13H,4-5,12,14H2,1-3H3,(H,22,26). The monoisotopic (exact) mass is 376 g/mol. The Morgan fingerprint density at radius 1 is 1.04 bits per heavy atom. The molecule has 4 nitrogen and oxygen atoms in total. The molecule has 2 aromatic rings. The Morgan fingerprint density at radius 2 is 1.69 bits per heavy atom. The molecule has 0 aliphatic carbocycles. The van der Waals surface area contributed by atoms with Crippen molar-refractivity contribution in [1.29, 1.82) is 0 Å². The number of aryl methyl sites for hydroxylation is 1. The number of thiocarbonyl (C=S) groups is 1. The molecule has 140 valence electrons. The van der Waals surface area contributed by atoms with Gasteiger partial charge in [0, 0.05) is 20.1 Å². The zero-order valence-corrected chi connectivity index (χ0v) is 16.2. The van der Waals surface area contributed by atoms with Gasteiger partial charge in [-0.05, 0) is 60.5 Å². The van der Waals surface area contributed by atoms with Crippen molar-refractivity contribution >= 4 is 17.3 Å². The predicted octanol–water partition coefficient (Wildman–Crippen LogP) is 3.78. The van der Waals surface area contributed by atoms with Crippen molar-refractivity contribution < 1.29 is 13.9 Å². The van der Waals surface area contributed by atoms with Crippen molar-refractivity contribution in [2.24, 2.45) is 0 Å². The summed E-state index contributed by atoms with van der Waals surface area (Å²) in [6.07, 6.45) is 1.88. The minimum Gasteiger partial charge on any atom is -0.493 e. The first kappa shape index (κ1) is 20.0. The van der Waals surface area contributed by atoms with E-state index in [-0.39, 0.29) is 5.82 Å². The summed E-state index contributed by atoms with van der Waals surface area (Å²) in [6.45, 7) is 1.42. The Morgan fingerprint density at radius 3 is 2.35 bits per heavy atom. The van der Waals surface area contributed by atoms with Crippen LogP contribution in [0.4, 0.5) is 4.39 Å². The normalized spacial score (nSPS) is 10.3. The highest BCUT2D eigenvalue weighted by molar-refractivity contribution is 7.80. The van der Waals surface area contributed by atoms with Gasteiger partial charge < -0.3 is 19.7 Å². The first-order chi connectivity index (χ1) is 12.5. The van der Waals surface area contributed by atoms with Crippen LogP contribution >= 0.6 is 12.2 Å². The van der Waals surface area contributed by atoms with Crippen LogP contribution in [0.3, 0.4) is 0 Å². The van der Waals surface area contributed by atoms with E-state index >= 15 is 0 Å². The molecule has 0 spiro atoms. The first-order valence-corrected chi connectivity index (χ1v) is 8.88. The lowest BCUT2D eigenvalue weighted by molar-refractivity contribution is 0.354. The van der Waals surface area contributed by atoms with Gasteiger partial charge in [0.2, 0.25) is 0 Å². The molecule has 26 heavy (non-hydrogen) atoms. The second-order valence-corrected chi connectivity index (χ2v) is 6.39. The molecule has 1 N–H and O–H groups in total. The van der Waals surface area contributed by atoms with Crippen molar-refractivity contribution in [2.75, 3.05) is 27.8 Å². The quantitative estimate of drug-likeness (QED) is 0.709. The molecular weight excluding hydrogens is 351 g/mol. The molecule has 0 aliphatic heterocycles. The second-order valence-electron chi connectivity index (χ2n) is 6.00. The Labute approximate surface area is 159 Å². The number of ether oxygens (including phenoxy) is 2. The molecule has 0 heterocycles. The molecule has 0 radical (unpaired) electrons. The van der Waals surface area contributed by atoms with Crippen LogP contribution in [0.15, 0.2) is 42.5 Å². The van der Waals surface area contributed by atoms with E-state index in [0.717, 1.165) is 36.4 Å². The van der Waals surface area contributed by atoms with E-state index in [1.807, 2.05) is 30.1 Å². The van der Waals surface area contributed by atoms with Gasteiger partial charge in [0.1, 0.15) is 5.82 Å². The predicted molar refractivity (Wildman–Crippen MR) is 106 cm³/mol. The van der Waals surface area contributed by atoms with Gasteiger partial charge in [-0.3, -0.25) is 0 Å². The second kappa shape index (κ2) is 9.97. The van der Waals surface area contributed by atoms with Crippen molar-refractivity contribution in [3.05, 3.63) is 59.4 Å². The fourth-order valence-electron chi connectivity index (χ4n) is 2.57. The molecule has 0 bridgehead atoms. The van der Waals surface area contributed by atoms with E-state index in [9.17, 15) is 4.39 Å². The van der Waals surface area contributed by atoms with Crippen molar-refractivity contribution in [3.63, 3.8) is 0 Å². The molecule has 2 rings (SSSR count). The summed E-state index contributed by atoms with van der Waals surface area (Å²) in [6, 6.07) is 12.4. The zero-order valence-electron chi connectivity index (χ0n) is 15.4. The first-order valence-electron chi connectivity index (χ1n) is 8.47. The van der Waals surface area contributed by atoms with Gasteiger partial charge in [0.15, 0.2) is 16.6 Å².